The van der Waals surface area contributed by atoms with Crippen molar-refractivity contribution in [2.75, 3.05) is 33.9 Å². The van der Waals surface area contributed by atoms with Crippen molar-refractivity contribution >= 4 is 35.0 Å². The molecule has 0 aliphatic carbocycles. The highest BCUT2D eigenvalue weighted by Crippen LogP contribution is 2.43. The topological polar surface area (TPSA) is 131 Å². The highest BCUT2D eigenvalue weighted by Gasteiger charge is 2.48. The highest BCUT2D eigenvalue weighted by atomic mass is 35.5. The van der Waals surface area contributed by atoms with Crippen LogP contribution in [0.15, 0.2) is 48.8 Å². The van der Waals surface area contributed by atoms with Crippen LogP contribution in [0.25, 0.3) is 33.6 Å². The molecular weight excluding hydrogens is 665 g/mol. The summed E-state index contributed by atoms with van der Waals surface area (Å²) in [4.78, 5) is 44.5. The lowest BCUT2D eigenvalue weighted by Crippen LogP contribution is -2.56. The van der Waals surface area contributed by atoms with E-state index < -0.39 is 0 Å². The van der Waals surface area contributed by atoms with Gasteiger partial charge in [0, 0.05) is 72.7 Å². The monoisotopic (exact) mass is 701 g/mol. The molecule has 11 nitrogen and oxygen atoms in total. The Hall–Kier alpha value is -4.32. The van der Waals surface area contributed by atoms with E-state index in [9.17, 15) is 9.59 Å². The van der Waals surface area contributed by atoms with Crippen LogP contribution in [0.5, 0.6) is 11.8 Å². The molecule has 3 aliphatic heterocycles. The molecule has 3 saturated heterocycles. The van der Waals surface area contributed by atoms with Crippen LogP contribution in [-0.4, -0.2) is 76.5 Å². The molecule has 3 fully saturated rings. The summed E-state index contributed by atoms with van der Waals surface area (Å²) in [5.74, 6) is 1.12. The van der Waals surface area contributed by atoms with Gasteiger partial charge in [0.1, 0.15) is 11.4 Å². The number of hydrogen-bond acceptors (Lipinski definition) is 9. The fourth-order valence-electron chi connectivity index (χ4n) is 7.15. The number of halogens is 2. The van der Waals surface area contributed by atoms with Crippen molar-refractivity contribution in [2.45, 2.75) is 51.1 Å². The minimum Gasteiger partial charge on any atom is -0.480 e. The quantitative estimate of drug-likeness (QED) is 0.208. The number of aryl methyl sites for hydroxylation is 1. The molecule has 4 aromatic rings. The molecule has 49 heavy (non-hydrogen) atoms. The average Bonchev–Trinajstić information content (AvgIpc) is 3.70. The standard InChI is InChI=1S/C36H37Cl2N7O4/c1-48-34-26(11-3-6-21-12-13-30(46)42-21)39-15-27(43-34)24-9-4-7-22(32(24)37)23-8-5-10-25(33(23)38)28-16-40-29(35(44-28)49-2)17-45-19-36(20-45)14-31(47)41-18-36/h4-5,7-10,15-16,21H,3,6,11-14,17-20H2,1-2H3,(H,41,47)(H,42,46)/t21-/m1/s1. The molecule has 2 aromatic carbocycles. The number of benzene rings is 2. The van der Waals surface area contributed by atoms with Crippen LogP contribution in [0.2, 0.25) is 10.0 Å². The summed E-state index contributed by atoms with van der Waals surface area (Å²) in [6.07, 6.45) is 7.90. The molecule has 1 atom stereocenters. The summed E-state index contributed by atoms with van der Waals surface area (Å²) in [7, 11) is 3.17. The minimum atomic E-state index is 0.0308. The van der Waals surface area contributed by atoms with E-state index in [1.165, 1.54) is 0 Å². The van der Waals surface area contributed by atoms with Crippen LogP contribution >= 0.6 is 23.2 Å². The van der Waals surface area contributed by atoms with E-state index >= 15 is 0 Å². The second kappa shape index (κ2) is 13.9. The van der Waals surface area contributed by atoms with E-state index in [0.29, 0.717) is 70.1 Å². The van der Waals surface area contributed by atoms with Crippen molar-refractivity contribution in [3.05, 3.63) is 70.2 Å². The van der Waals surface area contributed by atoms with Crippen molar-refractivity contribution in [1.82, 2.24) is 35.5 Å². The molecule has 254 valence electrons. The molecule has 2 aromatic heterocycles. The molecular formula is C36H37Cl2N7O4. The lowest BCUT2D eigenvalue weighted by Gasteiger charge is -2.46. The third-order valence-electron chi connectivity index (χ3n) is 9.59. The molecule has 0 unspecified atom stereocenters. The maximum absolute atomic E-state index is 11.7. The minimum absolute atomic E-state index is 0.0308. The molecule has 7 rings (SSSR count). The number of aromatic nitrogens is 4. The van der Waals surface area contributed by atoms with E-state index in [-0.39, 0.29) is 23.3 Å². The van der Waals surface area contributed by atoms with Crippen LogP contribution in [-0.2, 0) is 22.6 Å². The first-order valence-electron chi connectivity index (χ1n) is 16.4. The molecule has 1 spiro atoms. The Labute approximate surface area is 294 Å². The Balaban J connectivity index is 1.10. The lowest BCUT2D eigenvalue weighted by atomic mass is 9.79. The van der Waals surface area contributed by atoms with Crippen LogP contribution in [0, 0.1) is 5.41 Å². The summed E-state index contributed by atoms with van der Waals surface area (Å²) >= 11 is 14.1. The van der Waals surface area contributed by atoms with Crippen molar-refractivity contribution < 1.29 is 19.1 Å². The second-order valence-corrected chi connectivity index (χ2v) is 13.8. The van der Waals surface area contributed by atoms with Gasteiger partial charge in [0.25, 0.3) is 0 Å². The number of methoxy groups -OCH3 is 2. The molecule has 0 radical (unpaired) electrons. The number of hydrogen-bond donors (Lipinski definition) is 2. The Morgan fingerprint density at radius 3 is 2.00 bits per heavy atom. The van der Waals surface area contributed by atoms with Crippen LogP contribution in [0.4, 0.5) is 0 Å². The summed E-state index contributed by atoms with van der Waals surface area (Å²) < 4.78 is 11.3. The van der Waals surface area contributed by atoms with E-state index in [2.05, 4.69) is 20.5 Å². The molecule has 2 amide bonds. The normalized spacial score (nSPS) is 18.3. The smallest absolute Gasteiger partial charge is 0.237 e. The van der Waals surface area contributed by atoms with Gasteiger partial charge in [0.15, 0.2) is 0 Å². The zero-order valence-corrected chi connectivity index (χ0v) is 28.9. The van der Waals surface area contributed by atoms with Gasteiger partial charge in [0.05, 0.1) is 48.0 Å². The number of nitrogens with one attached hydrogen (secondary N) is 2. The highest BCUT2D eigenvalue weighted by molar-refractivity contribution is 6.39. The van der Waals surface area contributed by atoms with Crippen LogP contribution in [0.1, 0.15) is 43.5 Å². The summed E-state index contributed by atoms with van der Waals surface area (Å²) in [5.41, 5.74) is 5.54. The Morgan fingerprint density at radius 1 is 0.857 bits per heavy atom. The Kier molecular flexibility index (Phi) is 9.41. The fourth-order valence-corrected chi connectivity index (χ4v) is 7.80. The third-order valence-corrected chi connectivity index (χ3v) is 10.4. The van der Waals surface area contributed by atoms with Gasteiger partial charge in [-0.1, -0.05) is 59.6 Å². The second-order valence-electron chi connectivity index (χ2n) is 13.1. The van der Waals surface area contributed by atoms with Gasteiger partial charge in [-0.3, -0.25) is 24.5 Å². The van der Waals surface area contributed by atoms with Crippen LogP contribution < -0.4 is 20.1 Å². The molecule has 2 N–H and O–H groups in total. The maximum Gasteiger partial charge on any atom is 0.237 e. The number of carbonyl (C=O) groups excluding carboxylic acids is 2. The molecule has 13 heteroatoms. The van der Waals surface area contributed by atoms with Gasteiger partial charge in [-0.25, -0.2) is 9.97 Å². The van der Waals surface area contributed by atoms with Gasteiger partial charge in [0.2, 0.25) is 23.6 Å². The first-order valence-corrected chi connectivity index (χ1v) is 17.2. The number of likely N-dealkylation sites (tertiary alicyclic amines) is 1. The lowest BCUT2D eigenvalue weighted by molar-refractivity contribution is -0.121. The number of ether oxygens (including phenoxy) is 2. The number of nitrogens with zero attached hydrogens (tertiary/aromatic N) is 5. The number of amides is 2. The Bertz CT molecular complexity index is 1920. The van der Waals surface area contributed by atoms with Gasteiger partial charge in [-0.2, -0.15) is 0 Å². The predicted octanol–water partition coefficient (Wildman–Crippen LogP) is 5.51. The van der Waals surface area contributed by atoms with Gasteiger partial charge < -0.3 is 20.1 Å². The van der Waals surface area contributed by atoms with Gasteiger partial charge >= 0.3 is 0 Å². The molecule has 0 saturated carbocycles. The van der Waals surface area contributed by atoms with Gasteiger partial charge in [-0.15, -0.1) is 0 Å². The number of rotatable bonds is 11. The van der Waals surface area contributed by atoms with E-state index in [0.717, 1.165) is 61.4 Å². The Morgan fingerprint density at radius 2 is 1.45 bits per heavy atom. The SMILES string of the molecule is COc1nc(-c2cccc(-c3cccc(-c4cnc(CN5CC6(CNC(=O)C6)C5)c(OC)n4)c3Cl)c2Cl)cnc1CCC[C@@H]1CCC(=O)N1. The number of carbonyl (C=O) groups is 2. The van der Waals surface area contributed by atoms with E-state index in [4.69, 9.17) is 47.6 Å². The van der Waals surface area contributed by atoms with Crippen molar-refractivity contribution in [1.29, 1.82) is 0 Å². The first-order chi connectivity index (χ1) is 23.8. The molecule has 5 heterocycles. The third kappa shape index (κ3) is 6.79. The molecule has 0 bridgehead atoms. The van der Waals surface area contributed by atoms with Gasteiger partial charge in [-0.05, 0) is 25.7 Å². The molecule has 3 aliphatic rings. The predicted molar refractivity (Wildman–Crippen MR) is 186 cm³/mol. The zero-order valence-electron chi connectivity index (χ0n) is 27.4. The fraction of sp³-hybridized carbons (Fsp3) is 0.389. The average molecular weight is 703 g/mol. The van der Waals surface area contributed by atoms with Crippen LogP contribution in [0.3, 0.4) is 0 Å². The summed E-state index contributed by atoms with van der Waals surface area (Å²) in [6.45, 7) is 2.97. The summed E-state index contributed by atoms with van der Waals surface area (Å²) in [5, 5.41) is 6.91. The van der Waals surface area contributed by atoms with Crippen molar-refractivity contribution in [3.8, 4) is 45.4 Å². The van der Waals surface area contributed by atoms with Crippen molar-refractivity contribution in [3.63, 3.8) is 0 Å². The first kappa shape index (κ1) is 33.2. The maximum atomic E-state index is 11.7. The van der Waals surface area contributed by atoms with Crippen molar-refractivity contribution in [2.24, 2.45) is 5.41 Å². The summed E-state index contributed by atoms with van der Waals surface area (Å²) in [6, 6.07) is 11.7. The van der Waals surface area contributed by atoms with E-state index in [1.807, 2.05) is 36.4 Å². The van der Waals surface area contributed by atoms with E-state index in [1.54, 1.807) is 26.6 Å². The largest absolute Gasteiger partial charge is 0.480 e. The zero-order chi connectivity index (χ0) is 34.1.